The number of hydrogen-bond acceptors (Lipinski definition) is 4. The number of hydrogen-bond donors (Lipinski definition) is 1. The second-order valence-corrected chi connectivity index (χ2v) is 7.01. The molecule has 0 radical (unpaired) electrons. The van der Waals surface area contributed by atoms with Gasteiger partial charge < -0.3 is 15.1 Å². The van der Waals surface area contributed by atoms with E-state index in [-0.39, 0.29) is 0 Å². The van der Waals surface area contributed by atoms with Crippen LogP contribution in [0.15, 0.2) is 0 Å². The summed E-state index contributed by atoms with van der Waals surface area (Å²) in [4.78, 5) is 7.53. The maximum Gasteiger partial charge on any atom is 0.0110 e. The first kappa shape index (κ1) is 18.9. The van der Waals surface area contributed by atoms with E-state index in [4.69, 9.17) is 0 Å². The van der Waals surface area contributed by atoms with E-state index in [1.165, 1.54) is 78.0 Å². The van der Waals surface area contributed by atoms with Crippen LogP contribution in [0.2, 0.25) is 0 Å². The van der Waals surface area contributed by atoms with Crippen molar-refractivity contribution in [2.24, 2.45) is 0 Å². The summed E-state index contributed by atoms with van der Waals surface area (Å²) in [6, 6.07) is 0.633. The Labute approximate surface area is 132 Å². The van der Waals surface area contributed by atoms with E-state index in [0.29, 0.717) is 6.04 Å². The largest absolute Gasteiger partial charge is 0.315 e. The van der Waals surface area contributed by atoms with Crippen molar-refractivity contribution in [2.75, 3.05) is 66.5 Å². The molecule has 1 aliphatic rings. The molecule has 1 heterocycles. The molecule has 4 heteroatoms. The molecule has 0 aromatic carbocycles. The molecule has 0 saturated carbocycles. The van der Waals surface area contributed by atoms with Crippen molar-refractivity contribution < 1.29 is 0 Å². The first-order valence-corrected chi connectivity index (χ1v) is 8.90. The van der Waals surface area contributed by atoms with Gasteiger partial charge in [0.1, 0.15) is 0 Å². The summed E-state index contributed by atoms with van der Waals surface area (Å²) >= 11 is 0. The summed E-state index contributed by atoms with van der Waals surface area (Å²) in [5.74, 6) is 0. The Morgan fingerprint density at radius 2 is 1.43 bits per heavy atom. The summed E-state index contributed by atoms with van der Waals surface area (Å²) in [5, 5.41) is 3.49. The van der Waals surface area contributed by atoms with Crippen LogP contribution < -0.4 is 5.32 Å². The van der Waals surface area contributed by atoms with Gasteiger partial charge in [-0.25, -0.2) is 0 Å². The van der Waals surface area contributed by atoms with Crippen LogP contribution in [0.25, 0.3) is 0 Å². The Bertz CT molecular complexity index is 235. The molecule has 1 saturated heterocycles. The molecule has 0 unspecified atom stereocenters. The topological polar surface area (TPSA) is 21.8 Å². The molecule has 1 rings (SSSR count). The zero-order valence-electron chi connectivity index (χ0n) is 14.9. The molecule has 0 aromatic heterocycles. The number of rotatable bonds is 11. The van der Waals surface area contributed by atoms with Crippen LogP contribution in [0.3, 0.4) is 0 Å². The summed E-state index contributed by atoms with van der Waals surface area (Å²) in [6.45, 7) is 14.4. The molecule has 21 heavy (non-hydrogen) atoms. The van der Waals surface area contributed by atoms with E-state index in [0.717, 1.165) is 0 Å². The lowest BCUT2D eigenvalue weighted by Gasteiger charge is -2.35. The normalized spacial score (nSPS) is 18.0. The fourth-order valence-electron chi connectivity index (χ4n) is 2.78. The van der Waals surface area contributed by atoms with E-state index in [9.17, 15) is 0 Å². The van der Waals surface area contributed by atoms with Crippen molar-refractivity contribution in [3.8, 4) is 0 Å². The lowest BCUT2D eigenvalue weighted by Crippen LogP contribution is -2.48. The quantitative estimate of drug-likeness (QED) is 0.586. The third-order valence-electron chi connectivity index (χ3n) is 4.28. The second-order valence-electron chi connectivity index (χ2n) is 7.01. The van der Waals surface area contributed by atoms with Gasteiger partial charge in [-0.3, -0.25) is 4.90 Å². The van der Waals surface area contributed by atoms with Crippen LogP contribution in [-0.2, 0) is 0 Å². The van der Waals surface area contributed by atoms with Gasteiger partial charge in [-0.1, -0.05) is 26.7 Å². The first-order valence-electron chi connectivity index (χ1n) is 8.90. The highest BCUT2D eigenvalue weighted by molar-refractivity contribution is 4.72. The average Bonchev–Trinajstić information content (AvgIpc) is 2.45. The molecule has 0 aromatic rings. The molecule has 1 fully saturated rings. The van der Waals surface area contributed by atoms with Crippen LogP contribution in [0.1, 0.15) is 39.5 Å². The molecule has 0 atom stereocenters. The van der Waals surface area contributed by atoms with Crippen LogP contribution in [0.5, 0.6) is 0 Å². The second kappa shape index (κ2) is 11.4. The Morgan fingerprint density at radius 3 is 2.00 bits per heavy atom. The first-order chi connectivity index (χ1) is 10.1. The molecular formula is C17H38N4. The molecule has 0 amide bonds. The molecule has 0 bridgehead atoms. The molecule has 126 valence electrons. The van der Waals surface area contributed by atoms with Gasteiger partial charge in [0.25, 0.3) is 0 Å². The average molecular weight is 299 g/mol. The SMILES string of the molecule is CC(C)NCCCCCCN1CCN(CCN(C)C)CC1. The van der Waals surface area contributed by atoms with Crippen LogP contribution in [0.4, 0.5) is 0 Å². The van der Waals surface area contributed by atoms with E-state index in [1.54, 1.807) is 0 Å². The summed E-state index contributed by atoms with van der Waals surface area (Å²) in [5.41, 5.74) is 0. The fourth-order valence-corrected chi connectivity index (χ4v) is 2.78. The van der Waals surface area contributed by atoms with Crippen molar-refractivity contribution >= 4 is 0 Å². The molecule has 4 nitrogen and oxygen atoms in total. The minimum absolute atomic E-state index is 0.633. The highest BCUT2D eigenvalue weighted by atomic mass is 15.3. The standard InChI is InChI=1S/C17H38N4/c1-17(2)18-9-7-5-6-8-10-20-13-15-21(16-14-20)12-11-19(3)4/h17-18H,5-16H2,1-4H3. The van der Waals surface area contributed by atoms with E-state index >= 15 is 0 Å². The highest BCUT2D eigenvalue weighted by Crippen LogP contribution is 2.05. The van der Waals surface area contributed by atoms with Gasteiger partial charge in [-0.15, -0.1) is 0 Å². The van der Waals surface area contributed by atoms with Crippen molar-refractivity contribution in [1.82, 2.24) is 20.0 Å². The minimum Gasteiger partial charge on any atom is -0.315 e. The number of piperazine rings is 1. The van der Waals surface area contributed by atoms with Gasteiger partial charge in [0, 0.05) is 45.3 Å². The van der Waals surface area contributed by atoms with E-state index < -0.39 is 0 Å². The van der Waals surface area contributed by atoms with Gasteiger partial charge in [0.2, 0.25) is 0 Å². The number of unbranched alkanes of at least 4 members (excludes halogenated alkanes) is 3. The van der Waals surface area contributed by atoms with Crippen LogP contribution in [-0.4, -0.2) is 87.2 Å². The van der Waals surface area contributed by atoms with Gasteiger partial charge >= 0.3 is 0 Å². The van der Waals surface area contributed by atoms with Crippen molar-refractivity contribution in [3.63, 3.8) is 0 Å². The smallest absolute Gasteiger partial charge is 0.0110 e. The monoisotopic (exact) mass is 298 g/mol. The molecular weight excluding hydrogens is 260 g/mol. The number of nitrogens with one attached hydrogen (secondary N) is 1. The van der Waals surface area contributed by atoms with Gasteiger partial charge in [-0.05, 0) is 40.0 Å². The van der Waals surface area contributed by atoms with Crippen molar-refractivity contribution in [3.05, 3.63) is 0 Å². The predicted octanol–water partition coefficient (Wildman–Crippen LogP) is 1.72. The minimum atomic E-state index is 0.633. The maximum absolute atomic E-state index is 3.49. The Morgan fingerprint density at radius 1 is 0.857 bits per heavy atom. The third kappa shape index (κ3) is 10.2. The van der Waals surface area contributed by atoms with Gasteiger partial charge in [-0.2, -0.15) is 0 Å². The number of nitrogens with zero attached hydrogens (tertiary/aromatic N) is 3. The molecule has 1 N–H and O–H groups in total. The lowest BCUT2D eigenvalue weighted by atomic mass is 10.1. The van der Waals surface area contributed by atoms with Crippen LogP contribution in [0, 0.1) is 0 Å². The van der Waals surface area contributed by atoms with Crippen molar-refractivity contribution in [1.29, 1.82) is 0 Å². The Kier molecular flexibility index (Phi) is 10.3. The summed E-state index contributed by atoms with van der Waals surface area (Å²) in [7, 11) is 4.32. The Balaban J connectivity index is 1.91. The highest BCUT2D eigenvalue weighted by Gasteiger charge is 2.15. The van der Waals surface area contributed by atoms with Gasteiger partial charge in [0.05, 0.1) is 0 Å². The maximum atomic E-state index is 3.49. The number of likely N-dealkylation sites (N-methyl/N-ethyl adjacent to an activating group) is 1. The fraction of sp³-hybridized carbons (Fsp3) is 1.00. The zero-order chi connectivity index (χ0) is 15.5. The third-order valence-corrected chi connectivity index (χ3v) is 4.28. The summed E-state index contributed by atoms with van der Waals surface area (Å²) < 4.78 is 0. The van der Waals surface area contributed by atoms with Crippen molar-refractivity contribution in [2.45, 2.75) is 45.6 Å². The molecule has 0 spiro atoms. The molecule has 0 aliphatic carbocycles. The Hall–Kier alpha value is -0.160. The lowest BCUT2D eigenvalue weighted by molar-refractivity contribution is 0.124. The van der Waals surface area contributed by atoms with E-state index in [1.807, 2.05) is 0 Å². The summed E-state index contributed by atoms with van der Waals surface area (Å²) in [6.07, 6.45) is 5.47. The van der Waals surface area contributed by atoms with Gasteiger partial charge in [0.15, 0.2) is 0 Å². The van der Waals surface area contributed by atoms with E-state index in [2.05, 4.69) is 48.0 Å². The predicted molar refractivity (Wildman–Crippen MR) is 93.0 cm³/mol. The van der Waals surface area contributed by atoms with Crippen LogP contribution >= 0.6 is 0 Å². The zero-order valence-corrected chi connectivity index (χ0v) is 14.9. The molecule has 1 aliphatic heterocycles.